The molecule has 1 aromatic heterocycles. The van der Waals surface area contributed by atoms with Gasteiger partial charge in [0, 0.05) is 17.4 Å². The molecular formula is C13H22N2O2. The van der Waals surface area contributed by atoms with E-state index in [0.717, 1.165) is 18.6 Å². The summed E-state index contributed by atoms with van der Waals surface area (Å²) in [6, 6.07) is 1.79. The van der Waals surface area contributed by atoms with Crippen molar-refractivity contribution in [1.82, 2.24) is 5.16 Å². The number of hydrogen-bond donors (Lipinski definition) is 1. The van der Waals surface area contributed by atoms with Crippen LogP contribution in [0.4, 0.5) is 5.82 Å². The monoisotopic (exact) mass is 238 g/mol. The van der Waals surface area contributed by atoms with Gasteiger partial charge in [-0.05, 0) is 6.42 Å². The van der Waals surface area contributed by atoms with Crippen LogP contribution < -0.4 is 5.32 Å². The first kappa shape index (κ1) is 13.7. The van der Waals surface area contributed by atoms with Crippen LogP contribution in [0.1, 0.15) is 53.2 Å². The summed E-state index contributed by atoms with van der Waals surface area (Å²) in [6.07, 6.45) is 1.89. The van der Waals surface area contributed by atoms with E-state index in [1.807, 2.05) is 27.7 Å². The molecule has 1 heterocycles. The summed E-state index contributed by atoms with van der Waals surface area (Å²) in [4.78, 5) is 11.8. The highest BCUT2D eigenvalue weighted by Gasteiger charge is 2.21. The van der Waals surface area contributed by atoms with E-state index in [1.54, 1.807) is 6.07 Å². The van der Waals surface area contributed by atoms with E-state index in [9.17, 15) is 4.79 Å². The van der Waals surface area contributed by atoms with Gasteiger partial charge in [0.2, 0.25) is 5.91 Å². The molecule has 0 aliphatic heterocycles. The van der Waals surface area contributed by atoms with Gasteiger partial charge in [-0.1, -0.05) is 46.2 Å². The molecule has 1 aromatic rings. The van der Waals surface area contributed by atoms with Gasteiger partial charge >= 0.3 is 0 Å². The summed E-state index contributed by atoms with van der Waals surface area (Å²) in [5.41, 5.74) is -0.0922. The molecular weight excluding hydrogens is 216 g/mol. The maximum absolute atomic E-state index is 11.8. The summed E-state index contributed by atoms with van der Waals surface area (Å²) in [7, 11) is 0. The Balaban J connectivity index is 2.64. The van der Waals surface area contributed by atoms with E-state index >= 15 is 0 Å². The topological polar surface area (TPSA) is 55.1 Å². The van der Waals surface area contributed by atoms with Gasteiger partial charge in [-0.2, -0.15) is 0 Å². The number of nitrogens with one attached hydrogen (secondary N) is 1. The standard InChI is InChI=1S/C13H22N2O2/c1-6-7-9(2)12(16)14-11-8-10(17-15-11)13(3,4)5/h8-9H,6-7H2,1-5H3,(H,14,15,16). The number of aromatic nitrogens is 1. The lowest BCUT2D eigenvalue weighted by Gasteiger charge is -2.12. The van der Waals surface area contributed by atoms with E-state index in [0.29, 0.717) is 5.82 Å². The number of carbonyl (C=O) groups is 1. The smallest absolute Gasteiger partial charge is 0.228 e. The zero-order valence-corrected chi connectivity index (χ0v) is 11.3. The maximum atomic E-state index is 11.8. The zero-order chi connectivity index (χ0) is 13.1. The van der Waals surface area contributed by atoms with Crippen molar-refractivity contribution < 1.29 is 9.32 Å². The Kier molecular flexibility index (Phi) is 4.32. The molecule has 1 N–H and O–H groups in total. The molecule has 1 atom stereocenters. The highest BCUT2D eigenvalue weighted by atomic mass is 16.5. The summed E-state index contributed by atoms with van der Waals surface area (Å²) in [6.45, 7) is 10.1. The number of nitrogens with zero attached hydrogens (tertiary/aromatic N) is 1. The lowest BCUT2D eigenvalue weighted by molar-refractivity contribution is -0.119. The highest BCUT2D eigenvalue weighted by Crippen LogP contribution is 2.24. The van der Waals surface area contributed by atoms with Crippen LogP contribution in [-0.4, -0.2) is 11.1 Å². The van der Waals surface area contributed by atoms with E-state index < -0.39 is 0 Å². The Labute approximate surface area is 103 Å². The Morgan fingerprint density at radius 2 is 2.18 bits per heavy atom. The molecule has 0 saturated heterocycles. The first-order valence-electron chi connectivity index (χ1n) is 6.12. The Bertz CT molecular complexity index is 377. The number of anilines is 1. The highest BCUT2D eigenvalue weighted by molar-refractivity contribution is 5.91. The fourth-order valence-corrected chi connectivity index (χ4v) is 1.50. The third-order valence-corrected chi connectivity index (χ3v) is 2.67. The number of carbonyl (C=O) groups excluding carboxylic acids is 1. The van der Waals surface area contributed by atoms with Gasteiger partial charge in [-0.3, -0.25) is 4.79 Å². The summed E-state index contributed by atoms with van der Waals surface area (Å²) in [5, 5.41) is 6.63. The van der Waals surface area contributed by atoms with Gasteiger partial charge in [-0.25, -0.2) is 0 Å². The van der Waals surface area contributed by atoms with E-state index in [4.69, 9.17) is 4.52 Å². The van der Waals surface area contributed by atoms with E-state index in [-0.39, 0.29) is 17.2 Å². The van der Waals surface area contributed by atoms with E-state index in [2.05, 4.69) is 17.4 Å². The molecule has 0 aliphatic carbocycles. The predicted octanol–water partition coefficient (Wildman–Crippen LogP) is 3.35. The lowest BCUT2D eigenvalue weighted by Crippen LogP contribution is -2.20. The maximum Gasteiger partial charge on any atom is 0.228 e. The number of hydrogen-bond acceptors (Lipinski definition) is 3. The molecule has 0 fully saturated rings. The van der Waals surface area contributed by atoms with Crippen LogP contribution in [-0.2, 0) is 10.2 Å². The summed E-state index contributed by atoms with van der Waals surface area (Å²) < 4.78 is 5.20. The molecule has 4 heteroatoms. The minimum absolute atomic E-state index is 0.000564. The number of rotatable bonds is 4. The van der Waals surface area contributed by atoms with Crippen LogP contribution in [0.15, 0.2) is 10.6 Å². The summed E-state index contributed by atoms with van der Waals surface area (Å²) in [5.74, 6) is 1.29. The average molecular weight is 238 g/mol. The number of amides is 1. The zero-order valence-electron chi connectivity index (χ0n) is 11.3. The third-order valence-electron chi connectivity index (χ3n) is 2.67. The van der Waals surface area contributed by atoms with Crippen molar-refractivity contribution in [3.05, 3.63) is 11.8 Å². The van der Waals surface area contributed by atoms with Gasteiger partial charge in [0.25, 0.3) is 0 Å². The lowest BCUT2D eigenvalue weighted by atomic mass is 9.93. The average Bonchev–Trinajstić information content (AvgIpc) is 2.66. The molecule has 0 saturated carbocycles. The third kappa shape index (κ3) is 3.88. The molecule has 0 aliphatic rings. The molecule has 1 rings (SSSR count). The minimum Gasteiger partial charge on any atom is -0.359 e. The normalized spacial score (nSPS) is 13.5. The van der Waals surface area contributed by atoms with Crippen molar-refractivity contribution >= 4 is 11.7 Å². The van der Waals surface area contributed by atoms with Gasteiger partial charge in [0.1, 0.15) is 5.76 Å². The van der Waals surface area contributed by atoms with Gasteiger partial charge < -0.3 is 9.84 Å². The molecule has 1 amide bonds. The second-order valence-corrected chi connectivity index (χ2v) is 5.51. The molecule has 1 unspecified atom stereocenters. The Morgan fingerprint density at radius 1 is 1.53 bits per heavy atom. The van der Waals surface area contributed by atoms with Crippen molar-refractivity contribution in [3.63, 3.8) is 0 Å². The molecule has 0 spiro atoms. The van der Waals surface area contributed by atoms with Crippen LogP contribution in [0.2, 0.25) is 0 Å². The Hall–Kier alpha value is -1.32. The molecule has 4 nitrogen and oxygen atoms in total. The SMILES string of the molecule is CCCC(C)C(=O)Nc1cc(C(C)(C)C)on1. The van der Waals surface area contributed by atoms with Crippen LogP contribution in [0, 0.1) is 5.92 Å². The molecule has 0 bridgehead atoms. The quantitative estimate of drug-likeness (QED) is 0.875. The van der Waals surface area contributed by atoms with Gasteiger partial charge in [-0.15, -0.1) is 0 Å². The Morgan fingerprint density at radius 3 is 2.65 bits per heavy atom. The van der Waals surface area contributed by atoms with Crippen LogP contribution in [0.3, 0.4) is 0 Å². The molecule has 96 valence electrons. The molecule has 0 radical (unpaired) electrons. The van der Waals surface area contributed by atoms with Crippen molar-refractivity contribution in [1.29, 1.82) is 0 Å². The van der Waals surface area contributed by atoms with Gasteiger partial charge in [0.15, 0.2) is 5.82 Å². The van der Waals surface area contributed by atoms with Crippen molar-refractivity contribution in [2.24, 2.45) is 5.92 Å². The predicted molar refractivity (Wildman–Crippen MR) is 67.9 cm³/mol. The van der Waals surface area contributed by atoms with E-state index in [1.165, 1.54) is 0 Å². The van der Waals surface area contributed by atoms with Crippen LogP contribution in [0.5, 0.6) is 0 Å². The van der Waals surface area contributed by atoms with Crippen molar-refractivity contribution in [3.8, 4) is 0 Å². The molecule has 0 aromatic carbocycles. The van der Waals surface area contributed by atoms with Crippen LogP contribution >= 0.6 is 0 Å². The van der Waals surface area contributed by atoms with Crippen LogP contribution in [0.25, 0.3) is 0 Å². The second-order valence-electron chi connectivity index (χ2n) is 5.51. The summed E-state index contributed by atoms with van der Waals surface area (Å²) >= 11 is 0. The first-order chi connectivity index (χ1) is 7.84. The van der Waals surface area contributed by atoms with Crippen molar-refractivity contribution in [2.75, 3.05) is 5.32 Å². The first-order valence-corrected chi connectivity index (χ1v) is 6.12. The fraction of sp³-hybridized carbons (Fsp3) is 0.692. The largest absolute Gasteiger partial charge is 0.359 e. The van der Waals surface area contributed by atoms with Gasteiger partial charge in [0.05, 0.1) is 0 Å². The van der Waals surface area contributed by atoms with Crippen molar-refractivity contribution in [2.45, 2.75) is 52.9 Å². The molecule has 17 heavy (non-hydrogen) atoms. The minimum atomic E-state index is -0.0922. The fourth-order valence-electron chi connectivity index (χ4n) is 1.50. The second kappa shape index (κ2) is 5.34.